The summed E-state index contributed by atoms with van der Waals surface area (Å²) in [6, 6.07) is 0. The molecule has 0 rings (SSSR count). The lowest BCUT2D eigenvalue weighted by Gasteiger charge is -2.48. The van der Waals surface area contributed by atoms with Gasteiger partial charge in [0.05, 0.1) is 0 Å². The summed E-state index contributed by atoms with van der Waals surface area (Å²) in [7, 11) is 0. The van der Waals surface area contributed by atoms with Crippen LogP contribution in [0.5, 0.6) is 0 Å². The molecule has 0 saturated heterocycles. The zero-order valence-electron chi connectivity index (χ0n) is 32.5. The van der Waals surface area contributed by atoms with Gasteiger partial charge in [-0.1, -0.05) is 155 Å². The highest BCUT2D eigenvalue weighted by Crippen LogP contribution is 2.29. The Morgan fingerprint density at radius 3 is 0.979 bits per heavy atom. The third-order valence-electron chi connectivity index (χ3n) is 10.0. The monoisotopic (exact) mass is 675 g/mol. The molecule has 0 aromatic rings. The average molecular weight is 675 g/mol. The summed E-state index contributed by atoms with van der Waals surface area (Å²) in [6.45, 7) is 9.37. The van der Waals surface area contributed by atoms with Crippen LogP contribution in [0.1, 0.15) is 207 Å². The van der Waals surface area contributed by atoms with Crippen LogP contribution in [-0.4, -0.2) is 40.9 Å². The molecule has 48 heavy (non-hydrogen) atoms. The molecule has 0 saturated carbocycles. The second kappa shape index (κ2) is 31.6. The first-order valence-electron chi connectivity index (χ1n) is 20.7. The van der Waals surface area contributed by atoms with Crippen LogP contribution in [-0.2, 0) is 9.59 Å². The van der Waals surface area contributed by atoms with Crippen LogP contribution < -0.4 is 17.2 Å². The largest absolute Gasteiger partial charge is 0.299 e. The predicted octanol–water partition coefficient (Wildman–Crippen LogP) is 10.8. The molecule has 6 N–H and O–H groups in total. The number of hydrogen-bond donors (Lipinski definition) is 3. The van der Waals surface area contributed by atoms with Gasteiger partial charge in [-0.3, -0.25) is 31.7 Å². The lowest BCUT2D eigenvalue weighted by molar-refractivity contribution is -0.150. The van der Waals surface area contributed by atoms with Gasteiger partial charge in [0.2, 0.25) is 0 Å². The molecule has 0 aliphatic carbocycles. The number of ketones is 2. The van der Waals surface area contributed by atoms with Crippen LogP contribution in [0.4, 0.5) is 0 Å². The normalized spacial score (nSPS) is 12.7. The molecule has 0 unspecified atom stereocenters. The summed E-state index contributed by atoms with van der Waals surface area (Å²) < 4.78 is 0. The second-order valence-corrected chi connectivity index (χ2v) is 14.3. The molecule has 0 bridgehead atoms. The third kappa shape index (κ3) is 21.0. The van der Waals surface area contributed by atoms with Crippen LogP contribution >= 0.6 is 0 Å². The van der Waals surface area contributed by atoms with Gasteiger partial charge in [0.1, 0.15) is 5.79 Å². The summed E-state index contributed by atoms with van der Waals surface area (Å²) >= 11 is 0. The van der Waals surface area contributed by atoms with Crippen LogP contribution in [0.2, 0.25) is 0 Å². The van der Waals surface area contributed by atoms with E-state index in [1.165, 1.54) is 103 Å². The van der Waals surface area contributed by atoms with E-state index in [9.17, 15) is 9.59 Å². The number of rotatable bonds is 36. The molecule has 6 nitrogen and oxygen atoms in total. The molecule has 6 heteroatoms. The van der Waals surface area contributed by atoms with E-state index in [-0.39, 0.29) is 24.4 Å². The van der Waals surface area contributed by atoms with Crippen molar-refractivity contribution < 1.29 is 9.59 Å². The van der Waals surface area contributed by atoms with E-state index < -0.39 is 11.3 Å². The first-order chi connectivity index (χ1) is 23.2. The minimum atomic E-state index is -1.93. The van der Waals surface area contributed by atoms with Crippen LogP contribution in [0.25, 0.3) is 0 Å². The van der Waals surface area contributed by atoms with Crippen LogP contribution in [0, 0.1) is 0 Å². The van der Waals surface area contributed by atoms with Gasteiger partial charge in [-0.25, -0.2) is 0 Å². The van der Waals surface area contributed by atoms with E-state index in [1.54, 1.807) is 0 Å². The molecule has 0 aromatic heterocycles. The summed E-state index contributed by atoms with van der Waals surface area (Å²) in [5.74, 6) is -2.36. The summed E-state index contributed by atoms with van der Waals surface area (Å²) in [4.78, 5) is 29.6. The van der Waals surface area contributed by atoms with Crippen molar-refractivity contribution in [2.75, 3.05) is 13.1 Å². The second-order valence-electron chi connectivity index (χ2n) is 14.3. The molecule has 0 atom stereocenters. The maximum absolute atomic E-state index is 13.9. The minimum absolute atomic E-state index is 0.214. The predicted molar refractivity (Wildman–Crippen MR) is 210 cm³/mol. The number of nitrogens with two attached hydrogens (primary N) is 3. The first kappa shape index (κ1) is 46.7. The van der Waals surface area contributed by atoms with Gasteiger partial charge >= 0.3 is 0 Å². The average Bonchev–Trinajstić information content (AvgIpc) is 3.06. The smallest absolute Gasteiger partial charge is 0.184 e. The lowest BCUT2D eigenvalue weighted by Crippen LogP contribution is -2.84. The molecular formula is C42H82N4O2. The number of allylic oxidation sites excluding steroid dienone is 4. The number of likely N-dealkylation sites (N-methyl/N-ethyl adjacent to an activating group) is 1. The van der Waals surface area contributed by atoms with Crippen molar-refractivity contribution in [3.8, 4) is 0 Å². The fourth-order valence-electron chi connectivity index (χ4n) is 7.04. The summed E-state index contributed by atoms with van der Waals surface area (Å²) in [5.41, 5.74) is 17.3. The Labute approximate surface area is 298 Å². The van der Waals surface area contributed by atoms with Gasteiger partial charge < -0.3 is 0 Å². The standard InChI is InChI=1S/C42H82N4O2/c1-5-9-11-13-15-17-19-21-23-25-27-29-31-33-35-37-39(47)41(42(43,44)45,46(7-3)8-4)40(48)38-36-34-32-30-28-26-24-22-20-18-16-14-12-10-6-2/h21-24H,5-20,25-38,43-45H2,1-4H3/b23-21-,24-22-. The zero-order chi connectivity index (χ0) is 35.8. The van der Waals surface area contributed by atoms with E-state index in [0.717, 1.165) is 64.2 Å². The molecular weight excluding hydrogens is 592 g/mol. The van der Waals surface area contributed by atoms with Crippen molar-refractivity contribution in [1.29, 1.82) is 0 Å². The summed E-state index contributed by atoms with van der Waals surface area (Å²) in [5, 5.41) is 0. The Hall–Kier alpha value is -1.34. The van der Waals surface area contributed by atoms with Gasteiger partial charge in [0.15, 0.2) is 17.1 Å². The maximum Gasteiger partial charge on any atom is 0.184 e. The Bertz CT molecular complexity index is 761. The van der Waals surface area contributed by atoms with Crippen molar-refractivity contribution in [2.24, 2.45) is 17.2 Å². The van der Waals surface area contributed by atoms with Crippen molar-refractivity contribution in [2.45, 2.75) is 219 Å². The Kier molecular flexibility index (Phi) is 30.7. The van der Waals surface area contributed by atoms with E-state index in [0.29, 0.717) is 13.1 Å². The highest BCUT2D eigenvalue weighted by Gasteiger charge is 2.58. The third-order valence-corrected chi connectivity index (χ3v) is 10.0. The molecule has 0 amide bonds. The Balaban J connectivity index is 4.55. The number of nitrogens with zero attached hydrogens (tertiary/aromatic N) is 1. The maximum atomic E-state index is 13.9. The first-order valence-corrected chi connectivity index (χ1v) is 20.7. The fourth-order valence-corrected chi connectivity index (χ4v) is 7.04. The minimum Gasteiger partial charge on any atom is -0.299 e. The SMILES string of the molecule is CCCCCCCC/C=C\CCCCCCCC(=O)C(C(=O)CCCCCCC/C=C\CCCCCCCC)(N(CC)CC)C(N)(N)N. The van der Waals surface area contributed by atoms with E-state index in [2.05, 4.69) is 38.2 Å². The van der Waals surface area contributed by atoms with Crippen LogP contribution in [0.3, 0.4) is 0 Å². The Morgan fingerprint density at radius 2 is 0.708 bits per heavy atom. The molecule has 0 radical (unpaired) electrons. The van der Waals surface area contributed by atoms with Gasteiger partial charge in [-0.2, -0.15) is 0 Å². The van der Waals surface area contributed by atoms with E-state index in [1.807, 2.05) is 18.7 Å². The number of carbonyl (C=O) groups is 2. The van der Waals surface area contributed by atoms with E-state index in [4.69, 9.17) is 17.2 Å². The van der Waals surface area contributed by atoms with Gasteiger partial charge in [0, 0.05) is 12.8 Å². The molecule has 0 fully saturated rings. The molecule has 0 spiro atoms. The molecule has 0 aliphatic heterocycles. The number of hydrogen-bond acceptors (Lipinski definition) is 6. The van der Waals surface area contributed by atoms with Crippen LogP contribution in [0.15, 0.2) is 24.3 Å². The van der Waals surface area contributed by atoms with Gasteiger partial charge in [-0.15, -0.1) is 0 Å². The molecule has 0 aliphatic rings. The number of unbranched alkanes of at least 4 members (excludes halogenated alkanes) is 22. The number of carbonyl (C=O) groups excluding carboxylic acids is 2. The van der Waals surface area contributed by atoms with Crippen molar-refractivity contribution >= 4 is 11.6 Å². The van der Waals surface area contributed by atoms with Crippen molar-refractivity contribution in [3.05, 3.63) is 24.3 Å². The van der Waals surface area contributed by atoms with Crippen molar-refractivity contribution in [3.63, 3.8) is 0 Å². The molecule has 0 heterocycles. The molecule has 282 valence electrons. The lowest BCUT2D eigenvalue weighted by atomic mass is 9.76. The highest BCUT2D eigenvalue weighted by molar-refractivity contribution is 6.13. The van der Waals surface area contributed by atoms with Gasteiger partial charge in [0.25, 0.3) is 0 Å². The molecule has 0 aromatic carbocycles. The highest BCUT2D eigenvalue weighted by atomic mass is 16.2. The van der Waals surface area contributed by atoms with Gasteiger partial charge in [-0.05, 0) is 77.3 Å². The van der Waals surface area contributed by atoms with E-state index >= 15 is 0 Å². The number of Topliss-reactive ketones (excluding diaryl/α,β-unsaturated/α-hetero) is 2. The quantitative estimate of drug-likeness (QED) is 0.0264. The topological polar surface area (TPSA) is 115 Å². The zero-order valence-corrected chi connectivity index (χ0v) is 32.5. The summed E-state index contributed by atoms with van der Waals surface area (Å²) in [6.07, 6.45) is 40.9. The van der Waals surface area contributed by atoms with Crippen molar-refractivity contribution in [1.82, 2.24) is 4.90 Å². The Morgan fingerprint density at radius 1 is 0.438 bits per heavy atom. The fraction of sp³-hybridized carbons (Fsp3) is 0.857.